The Labute approximate surface area is 190 Å². The number of carbonyl (C=O) groups excluding carboxylic acids is 1. The molecule has 0 atom stereocenters. The van der Waals surface area contributed by atoms with Crippen LogP contribution in [0, 0.1) is 0 Å². The molecule has 33 heavy (non-hydrogen) atoms. The minimum absolute atomic E-state index is 0.223. The van der Waals surface area contributed by atoms with E-state index in [1.165, 1.54) is 6.07 Å². The number of hydrogen-bond donors (Lipinski definition) is 1. The molecule has 4 aromatic rings. The molecule has 2 aromatic carbocycles. The van der Waals surface area contributed by atoms with E-state index in [2.05, 4.69) is 15.4 Å². The topological polar surface area (TPSA) is 95.3 Å². The van der Waals surface area contributed by atoms with Crippen molar-refractivity contribution in [2.45, 2.75) is 13.2 Å². The van der Waals surface area contributed by atoms with Crippen LogP contribution in [-0.4, -0.2) is 27.8 Å². The van der Waals surface area contributed by atoms with E-state index in [1.54, 1.807) is 43.8 Å². The predicted molar refractivity (Wildman–Crippen MR) is 124 cm³/mol. The highest BCUT2D eigenvalue weighted by molar-refractivity contribution is 5.90. The highest BCUT2D eigenvalue weighted by atomic mass is 16.5. The summed E-state index contributed by atoms with van der Waals surface area (Å²) in [6.07, 6.45) is 3.38. The number of ether oxygens (including phenoxy) is 2. The first-order valence-corrected chi connectivity index (χ1v) is 10.3. The van der Waals surface area contributed by atoms with Crippen LogP contribution >= 0.6 is 0 Å². The number of benzene rings is 2. The molecule has 0 aliphatic heterocycles. The molecule has 0 radical (unpaired) electrons. The lowest BCUT2D eigenvalue weighted by Crippen LogP contribution is -2.29. The van der Waals surface area contributed by atoms with Gasteiger partial charge in [-0.05, 0) is 35.9 Å². The maximum absolute atomic E-state index is 12.6. The third-order valence-corrected chi connectivity index (χ3v) is 4.82. The van der Waals surface area contributed by atoms with Crippen molar-refractivity contribution in [1.82, 2.24) is 14.8 Å². The molecule has 0 saturated carbocycles. The molecule has 8 nitrogen and oxygen atoms in total. The van der Waals surface area contributed by atoms with Crippen molar-refractivity contribution in [2.75, 3.05) is 12.4 Å². The van der Waals surface area contributed by atoms with Crippen LogP contribution in [0.5, 0.6) is 11.5 Å². The van der Waals surface area contributed by atoms with Crippen molar-refractivity contribution < 1.29 is 14.3 Å². The first-order chi connectivity index (χ1) is 16.1. The lowest BCUT2D eigenvalue weighted by molar-refractivity contribution is -0.117. The SMILES string of the molecule is COc1ccc(NC(=O)Cn2nc(-c3ccccc3)ccc2=O)cc1OCc1ccncc1. The van der Waals surface area contributed by atoms with E-state index in [1.807, 2.05) is 42.5 Å². The van der Waals surface area contributed by atoms with Gasteiger partial charge in [-0.1, -0.05) is 30.3 Å². The van der Waals surface area contributed by atoms with Gasteiger partial charge in [0.15, 0.2) is 11.5 Å². The molecule has 4 rings (SSSR count). The van der Waals surface area contributed by atoms with Crippen molar-refractivity contribution in [3.8, 4) is 22.8 Å². The summed E-state index contributed by atoms with van der Waals surface area (Å²) in [6.45, 7) is 0.0978. The van der Waals surface area contributed by atoms with Gasteiger partial charge in [-0.25, -0.2) is 4.68 Å². The fraction of sp³-hybridized carbons (Fsp3) is 0.120. The summed E-state index contributed by atoms with van der Waals surface area (Å²) in [5.41, 5.74) is 2.57. The third-order valence-electron chi connectivity index (χ3n) is 4.82. The fourth-order valence-corrected chi connectivity index (χ4v) is 3.17. The Bertz CT molecular complexity index is 1290. The molecule has 0 aliphatic carbocycles. The normalized spacial score (nSPS) is 10.5. The number of amides is 1. The average Bonchev–Trinajstić information content (AvgIpc) is 2.85. The van der Waals surface area contributed by atoms with Crippen molar-refractivity contribution in [2.24, 2.45) is 0 Å². The average molecular weight is 442 g/mol. The van der Waals surface area contributed by atoms with Gasteiger partial charge in [0.25, 0.3) is 5.56 Å². The Hall–Kier alpha value is -4.46. The van der Waals surface area contributed by atoms with Crippen LogP contribution in [0.4, 0.5) is 5.69 Å². The number of rotatable bonds is 8. The fourth-order valence-electron chi connectivity index (χ4n) is 3.17. The number of nitrogens with zero attached hydrogens (tertiary/aromatic N) is 3. The van der Waals surface area contributed by atoms with Gasteiger partial charge in [0, 0.05) is 35.8 Å². The number of methoxy groups -OCH3 is 1. The molecule has 2 aromatic heterocycles. The van der Waals surface area contributed by atoms with Gasteiger partial charge in [0.2, 0.25) is 5.91 Å². The first kappa shape index (κ1) is 21.8. The summed E-state index contributed by atoms with van der Waals surface area (Å²) in [7, 11) is 1.55. The zero-order valence-electron chi connectivity index (χ0n) is 18.0. The number of pyridine rings is 1. The Morgan fingerprint density at radius 3 is 2.52 bits per heavy atom. The summed E-state index contributed by atoms with van der Waals surface area (Å²) < 4.78 is 12.4. The van der Waals surface area contributed by atoms with Crippen LogP contribution in [0.1, 0.15) is 5.56 Å². The van der Waals surface area contributed by atoms with Gasteiger partial charge in [-0.2, -0.15) is 5.10 Å². The molecule has 0 spiro atoms. The van der Waals surface area contributed by atoms with Gasteiger partial charge in [0.1, 0.15) is 13.2 Å². The van der Waals surface area contributed by atoms with E-state index in [0.717, 1.165) is 15.8 Å². The molecule has 0 saturated heterocycles. The molecule has 2 heterocycles. The van der Waals surface area contributed by atoms with Gasteiger partial charge < -0.3 is 14.8 Å². The number of carbonyl (C=O) groups is 1. The number of anilines is 1. The van der Waals surface area contributed by atoms with E-state index in [0.29, 0.717) is 29.5 Å². The van der Waals surface area contributed by atoms with E-state index >= 15 is 0 Å². The molecule has 1 N–H and O–H groups in total. The predicted octanol–water partition coefficient (Wildman–Crippen LogP) is 3.53. The van der Waals surface area contributed by atoms with Crippen molar-refractivity contribution in [3.05, 3.63) is 101 Å². The van der Waals surface area contributed by atoms with Gasteiger partial charge in [-0.3, -0.25) is 14.6 Å². The lowest BCUT2D eigenvalue weighted by Gasteiger charge is -2.13. The molecule has 0 unspecified atom stereocenters. The molecule has 166 valence electrons. The van der Waals surface area contributed by atoms with E-state index < -0.39 is 0 Å². The lowest BCUT2D eigenvalue weighted by atomic mass is 10.1. The van der Waals surface area contributed by atoms with Crippen LogP contribution in [0.2, 0.25) is 0 Å². The van der Waals surface area contributed by atoms with Crippen LogP contribution in [0.3, 0.4) is 0 Å². The monoisotopic (exact) mass is 442 g/mol. The Morgan fingerprint density at radius 1 is 0.970 bits per heavy atom. The van der Waals surface area contributed by atoms with E-state index in [-0.39, 0.29) is 18.0 Å². The molecule has 1 amide bonds. The van der Waals surface area contributed by atoms with Gasteiger partial charge >= 0.3 is 0 Å². The summed E-state index contributed by atoms with van der Waals surface area (Å²) in [5, 5.41) is 7.11. The van der Waals surface area contributed by atoms with Crippen LogP contribution < -0.4 is 20.3 Å². The van der Waals surface area contributed by atoms with Crippen molar-refractivity contribution in [1.29, 1.82) is 0 Å². The second-order valence-corrected chi connectivity index (χ2v) is 7.14. The van der Waals surface area contributed by atoms with Crippen molar-refractivity contribution >= 4 is 11.6 Å². The zero-order valence-corrected chi connectivity index (χ0v) is 18.0. The molecule has 0 aliphatic rings. The van der Waals surface area contributed by atoms with Gasteiger partial charge in [0.05, 0.1) is 12.8 Å². The molecule has 8 heteroatoms. The number of aromatic nitrogens is 3. The zero-order chi connectivity index (χ0) is 23.0. The van der Waals surface area contributed by atoms with Crippen molar-refractivity contribution in [3.63, 3.8) is 0 Å². The Kier molecular flexibility index (Phi) is 6.75. The highest BCUT2D eigenvalue weighted by Gasteiger charge is 2.11. The maximum atomic E-state index is 12.6. The standard InChI is InChI=1S/C25H22N4O4/c1-32-22-9-7-20(15-23(22)33-17-18-11-13-26-14-12-18)27-24(30)16-29-25(31)10-8-21(28-29)19-5-3-2-4-6-19/h2-15H,16-17H2,1H3,(H,27,30). The minimum Gasteiger partial charge on any atom is -0.493 e. The summed E-state index contributed by atoms with van der Waals surface area (Å²) in [6, 6.07) is 21.3. The Balaban J connectivity index is 1.47. The minimum atomic E-state index is -0.389. The molecular formula is C25H22N4O4. The molecule has 0 bridgehead atoms. The second-order valence-electron chi connectivity index (χ2n) is 7.14. The second kappa shape index (κ2) is 10.2. The summed E-state index contributed by atoms with van der Waals surface area (Å²) in [5.74, 6) is 0.629. The first-order valence-electron chi connectivity index (χ1n) is 10.3. The summed E-state index contributed by atoms with van der Waals surface area (Å²) >= 11 is 0. The van der Waals surface area contributed by atoms with Crippen LogP contribution in [-0.2, 0) is 17.9 Å². The van der Waals surface area contributed by atoms with Gasteiger partial charge in [-0.15, -0.1) is 0 Å². The Morgan fingerprint density at radius 2 is 1.76 bits per heavy atom. The molecular weight excluding hydrogens is 420 g/mol. The number of nitrogens with one attached hydrogen (secondary N) is 1. The smallest absolute Gasteiger partial charge is 0.267 e. The van der Waals surface area contributed by atoms with Crippen LogP contribution in [0.25, 0.3) is 11.3 Å². The quantitative estimate of drug-likeness (QED) is 0.449. The summed E-state index contributed by atoms with van der Waals surface area (Å²) in [4.78, 5) is 28.9. The number of hydrogen-bond acceptors (Lipinski definition) is 6. The maximum Gasteiger partial charge on any atom is 0.267 e. The largest absolute Gasteiger partial charge is 0.493 e. The van der Waals surface area contributed by atoms with E-state index in [4.69, 9.17) is 9.47 Å². The van der Waals surface area contributed by atoms with E-state index in [9.17, 15) is 9.59 Å². The third kappa shape index (κ3) is 5.62. The van der Waals surface area contributed by atoms with Crippen LogP contribution in [0.15, 0.2) is 90.0 Å². The molecule has 0 fully saturated rings. The highest BCUT2D eigenvalue weighted by Crippen LogP contribution is 2.31.